The number of alkyl halides is 3. The molecule has 0 bridgehead atoms. The van der Waals surface area contributed by atoms with Crippen LogP contribution in [0, 0.1) is 0 Å². The first-order valence-electron chi connectivity index (χ1n) is 10.0. The van der Waals surface area contributed by atoms with Gasteiger partial charge in [0.15, 0.2) is 0 Å². The zero-order valence-electron chi connectivity index (χ0n) is 17.5. The average molecular weight is 482 g/mol. The van der Waals surface area contributed by atoms with Crippen LogP contribution >= 0.6 is 0 Å². The van der Waals surface area contributed by atoms with Gasteiger partial charge in [0.25, 0.3) is 0 Å². The zero-order valence-corrected chi connectivity index (χ0v) is 18.3. The molecule has 2 heterocycles. The summed E-state index contributed by atoms with van der Waals surface area (Å²) in [6.07, 6.45) is -4.34. The van der Waals surface area contributed by atoms with E-state index in [1.54, 1.807) is 24.3 Å². The van der Waals surface area contributed by atoms with E-state index in [1.165, 1.54) is 12.1 Å². The number of aromatic nitrogens is 2. The van der Waals surface area contributed by atoms with Gasteiger partial charge in [-0.3, -0.25) is 4.90 Å². The summed E-state index contributed by atoms with van der Waals surface area (Å²) in [5.74, 6) is 0.0476. The number of sulfonamides is 1. The molecule has 12 heteroatoms. The van der Waals surface area contributed by atoms with Crippen LogP contribution in [0.3, 0.4) is 0 Å². The molecule has 1 aliphatic rings. The van der Waals surface area contributed by atoms with Gasteiger partial charge in [0.05, 0.1) is 11.8 Å². The molecule has 1 saturated heterocycles. The molecule has 176 valence electrons. The van der Waals surface area contributed by atoms with Crippen molar-refractivity contribution in [2.75, 3.05) is 13.6 Å². The van der Waals surface area contributed by atoms with E-state index in [-0.39, 0.29) is 29.4 Å². The molecule has 2 unspecified atom stereocenters. The molecule has 1 aromatic heterocycles. The minimum Gasteiger partial charge on any atom is -0.406 e. The number of hydrogen-bond donors (Lipinski definition) is 1. The van der Waals surface area contributed by atoms with Crippen LogP contribution in [0.1, 0.15) is 23.9 Å². The third kappa shape index (κ3) is 6.09. The molecule has 0 aliphatic carbocycles. The van der Waals surface area contributed by atoms with E-state index < -0.39 is 16.4 Å². The van der Waals surface area contributed by atoms with Gasteiger partial charge in [0, 0.05) is 18.2 Å². The predicted octanol–water partition coefficient (Wildman–Crippen LogP) is 3.50. The van der Waals surface area contributed by atoms with E-state index >= 15 is 0 Å². The second kappa shape index (κ2) is 9.12. The lowest BCUT2D eigenvalue weighted by Crippen LogP contribution is -2.37. The Morgan fingerprint density at radius 3 is 2.52 bits per heavy atom. The first-order valence-corrected chi connectivity index (χ1v) is 11.7. The molecule has 1 fully saturated rings. The van der Waals surface area contributed by atoms with Crippen molar-refractivity contribution in [3.63, 3.8) is 0 Å². The second-order valence-electron chi connectivity index (χ2n) is 7.78. The highest BCUT2D eigenvalue weighted by atomic mass is 32.2. The van der Waals surface area contributed by atoms with Crippen LogP contribution in [0.25, 0.3) is 11.4 Å². The minimum absolute atomic E-state index is 0.114. The number of rotatable bonds is 7. The molecule has 0 spiro atoms. The van der Waals surface area contributed by atoms with E-state index in [0.717, 1.165) is 12.1 Å². The summed E-state index contributed by atoms with van der Waals surface area (Å²) in [7, 11) is -1.71. The normalized spacial score (nSPS) is 19.6. The molecular weight excluding hydrogens is 461 g/mol. The maximum atomic E-state index is 12.5. The van der Waals surface area contributed by atoms with Crippen LogP contribution in [0.15, 0.2) is 59.1 Å². The lowest BCUT2D eigenvalue weighted by molar-refractivity contribution is -0.274. The van der Waals surface area contributed by atoms with Crippen molar-refractivity contribution in [2.24, 2.45) is 0 Å². The van der Waals surface area contributed by atoms with Crippen LogP contribution in [0.2, 0.25) is 0 Å². The molecule has 1 aliphatic heterocycles. The Hall–Kier alpha value is -2.96. The van der Waals surface area contributed by atoms with Crippen molar-refractivity contribution in [1.29, 1.82) is 0 Å². The highest BCUT2D eigenvalue weighted by molar-refractivity contribution is 7.88. The second-order valence-corrected chi connectivity index (χ2v) is 9.53. The van der Waals surface area contributed by atoms with Crippen LogP contribution in [0.5, 0.6) is 5.75 Å². The standard InChI is InChI=1S/C21H21F3N4O4S/c1-28-12-16(27-33(29,30)13-14-5-3-2-4-6-14)11-18(28)20-25-19(26-32-20)15-7-9-17(10-8-15)31-21(22,23)24/h2-10,16,18,27H,11-13H2,1H3. The first-order chi connectivity index (χ1) is 15.6. The van der Waals surface area contributed by atoms with Crippen molar-refractivity contribution in [3.05, 3.63) is 66.1 Å². The Labute approximate surface area is 188 Å². The Kier molecular flexibility index (Phi) is 6.41. The van der Waals surface area contributed by atoms with Gasteiger partial charge in [-0.15, -0.1) is 13.2 Å². The molecular formula is C21H21F3N4O4S. The lowest BCUT2D eigenvalue weighted by atomic mass is 10.2. The molecule has 0 saturated carbocycles. The third-order valence-corrected chi connectivity index (χ3v) is 6.57. The van der Waals surface area contributed by atoms with Gasteiger partial charge in [-0.1, -0.05) is 35.5 Å². The number of nitrogens with one attached hydrogen (secondary N) is 1. The summed E-state index contributed by atoms with van der Waals surface area (Å²) in [6, 6.07) is 13.4. The summed E-state index contributed by atoms with van der Waals surface area (Å²) < 4.78 is 74.0. The molecule has 3 aromatic rings. The maximum absolute atomic E-state index is 12.5. The van der Waals surface area contributed by atoms with E-state index in [0.29, 0.717) is 30.0 Å². The highest BCUT2D eigenvalue weighted by Gasteiger charge is 2.36. The number of likely N-dealkylation sites (tertiary alicyclic amines) is 1. The fourth-order valence-electron chi connectivity index (χ4n) is 3.76. The summed E-state index contributed by atoms with van der Waals surface area (Å²) in [6.45, 7) is 0.458. The van der Waals surface area contributed by atoms with E-state index in [9.17, 15) is 21.6 Å². The SMILES string of the molecule is CN1CC(NS(=O)(=O)Cc2ccccc2)CC1c1nc(-c2ccc(OC(F)(F)F)cc2)no1. The summed E-state index contributed by atoms with van der Waals surface area (Å²) in [5.41, 5.74) is 1.15. The van der Waals surface area contributed by atoms with Crippen molar-refractivity contribution in [1.82, 2.24) is 19.8 Å². The van der Waals surface area contributed by atoms with Crippen LogP contribution in [0.4, 0.5) is 13.2 Å². The maximum Gasteiger partial charge on any atom is 0.573 e. The summed E-state index contributed by atoms with van der Waals surface area (Å²) >= 11 is 0. The monoisotopic (exact) mass is 482 g/mol. The minimum atomic E-state index is -4.77. The van der Waals surface area contributed by atoms with E-state index in [1.807, 2.05) is 18.0 Å². The number of benzene rings is 2. The molecule has 0 radical (unpaired) electrons. The first kappa shape index (κ1) is 23.2. The van der Waals surface area contributed by atoms with Gasteiger partial charge in [0.1, 0.15) is 5.75 Å². The number of nitrogens with zero attached hydrogens (tertiary/aromatic N) is 3. The number of hydrogen-bond acceptors (Lipinski definition) is 7. The smallest absolute Gasteiger partial charge is 0.406 e. The lowest BCUT2D eigenvalue weighted by Gasteiger charge is -2.14. The van der Waals surface area contributed by atoms with Crippen molar-refractivity contribution in [3.8, 4) is 17.1 Å². The predicted molar refractivity (Wildman–Crippen MR) is 112 cm³/mol. The molecule has 33 heavy (non-hydrogen) atoms. The van der Waals surface area contributed by atoms with Crippen LogP contribution < -0.4 is 9.46 Å². The number of halogens is 3. The zero-order chi connectivity index (χ0) is 23.6. The largest absolute Gasteiger partial charge is 0.573 e. The van der Waals surface area contributed by atoms with Crippen molar-refractivity contribution < 1.29 is 30.8 Å². The molecule has 1 N–H and O–H groups in total. The van der Waals surface area contributed by atoms with E-state index in [4.69, 9.17) is 4.52 Å². The third-order valence-electron chi connectivity index (χ3n) is 5.17. The van der Waals surface area contributed by atoms with Gasteiger partial charge >= 0.3 is 6.36 Å². The van der Waals surface area contributed by atoms with Gasteiger partial charge in [-0.2, -0.15) is 4.98 Å². The van der Waals surface area contributed by atoms with Crippen LogP contribution in [-0.4, -0.2) is 49.5 Å². The van der Waals surface area contributed by atoms with Crippen molar-refractivity contribution >= 4 is 10.0 Å². The Bertz CT molecular complexity index is 1180. The van der Waals surface area contributed by atoms with Crippen molar-refractivity contribution in [2.45, 2.75) is 30.6 Å². The molecule has 4 rings (SSSR count). The molecule has 2 atom stereocenters. The van der Waals surface area contributed by atoms with Gasteiger partial charge in [-0.25, -0.2) is 13.1 Å². The topological polar surface area (TPSA) is 97.6 Å². The van der Waals surface area contributed by atoms with Crippen LogP contribution in [-0.2, 0) is 15.8 Å². The summed E-state index contributed by atoms with van der Waals surface area (Å²) in [5, 5.41) is 3.91. The summed E-state index contributed by atoms with van der Waals surface area (Å²) in [4.78, 5) is 6.27. The van der Waals surface area contributed by atoms with Gasteiger partial charge in [0.2, 0.25) is 21.7 Å². The number of likely N-dealkylation sites (N-methyl/N-ethyl adjacent to an activating group) is 1. The fourth-order valence-corrected chi connectivity index (χ4v) is 5.15. The van der Waals surface area contributed by atoms with Gasteiger partial charge < -0.3 is 9.26 Å². The average Bonchev–Trinajstić information content (AvgIpc) is 3.34. The Morgan fingerprint density at radius 1 is 1.15 bits per heavy atom. The number of ether oxygens (including phenoxy) is 1. The molecule has 8 nitrogen and oxygen atoms in total. The van der Waals surface area contributed by atoms with Gasteiger partial charge in [-0.05, 0) is 43.3 Å². The Morgan fingerprint density at radius 2 is 1.85 bits per heavy atom. The molecule has 2 aromatic carbocycles. The molecule has 0 amide bonds. The highest BCUT2D eigenvalue weighted by Crippen LogP contribution is 2.32. The Balaban J connectivity index is 1.40. The quantitative estimate of drug-likeness (QED) is 0.551. The fraction of sp³-hybridized carbons (Fsp3) is 0.333. The van der Waals surface area contributed by atoms with E-state index in [2.05, 4.69) is 19.6 Å².